The third-order valence-corrected chi connectivity index (χ3v) is 1.89. The normalized spacial score (nSPS) is 11.3. The van der Waals surface area contributed by atoms with Crippen LogP contribution in [-0.4, -0.2) is 34.6 Å². The molecule has 0 saturated carbocycles. The quantitative estimate of drug-likeness (QED) is 0.743. The number of carbonyl (C=O) groups is 1. The van der Waals surface area contributed by atoms with Gasteiger partial charge in [-0.05, 0) is 19.8 Å². The molecule has 0 aromatic rings. The predicted molar refractivity (Wildman–Crippen MR) is 57.9 cm³/mol. The molecule has 0 saturated heterocycles. The Balaban J connectivity index is 4.49. The fourth-order valence-electron chi connectivity index (χ4n) is 1.29. The smallest absolute Gasteiger partial charge is 0.253 e. The lowest BCUT2D eigenvalue weighted by Crippen LogP contribution is -2.46. The van der Waals surface area contributed by atoms with E-state index in [2.05, 4.69) is 0 Å². The van der Waals surface area contributed by atoms with Crippen molar-refractivity contribution in [3.63, 3.8) is 0 Å². The van der Waals surface area contributed by atoms with Crippen LogP contribution in [0, 0.1) is 17.2 Å². The molecule has 0 rings (SSSR count). The van der Waals surface area contributed by atoms with Crippen molar-refractivity contribution in [3.8, 4) is 6.07 Å². The first-order valence-electron chi connectivity index (χ1n) is 5.17. The van der Waals surface area contributed by atoms with E-state index in [4.69, 9.17) is 5.26 Å². The summed E-state index contributed by atoms with van der Waals surface area (Å²) in [6.45, 7) is 7.89. The number of amides is 1. The van der Waals surface area contributed by atoms with Crippen LogP contribution in [-0.2, 0) is 4.79 Å². The van der Waals surface area contributed by atoms with Crippen LogP contribution in [0.3, 0.4) is 0 Å². The minimum atomic E-state index is -1.36. The van der Waals surface area contributed by atoms with E-state index in [1.165, 1.54) is 13.8 Å². The molecule has 86 valence electrons. The molecule has 0 unspecified atom stereocenters. The summed E-state index contributed by atoms with van der Waals surface area (Å²) in [5.41, 5.74) is -1.36. The van der Waals surface area contributed by atoms with Gasteiger partial charge >= 0.3 is 0 Å². The van der Waals surface area contributed by atoms with Gasteiger partial charge in [0.05, 0.1) is 12.5 Å². The average Bonchev–Trinajstić information content (AvgIpc) is 2.09. The van der Waals surface area contributed by atoms with Gasteiger partial charge in [-0.15, -0.1) is 0 Å². The van der Waals surface area contributed by atoms with Crippen LogP contribution in [0.5, 0.6) is 0 Å². The molecular weight excluding hydrogens is 192 g/mol. The zero-order chi connectivity index (χ0) is 12.1. The molecule has 0 aromatic carbocycles. The van der Waals surface area contributed by atoms with Gasteiger partial charge in [0.15, 0.2) is 0 Å². The van der Waals surface area contributed by atoms with Gasteiger partial charge in [0.1, 0.15) is 5.60 Å². The fourth-order valence-corrected chi connectivity index (χ4v) is 1.29. The maximum atomic E-state index is 11.8. The van der Waals surface area contributed by atoms with Gasteiger partial charge in [-0.25, -0.2) is 0 Å². The Hall–Kier alpha value is -1.08. The molecule has 1 amide bonds. The molecule has 0 heterocycles. The molecule has 4 heteroatoms. The summed E-state index contributed by atoms with van der Waals surface area (Å²) in [4.78, 5) is 13.3. The monoisotopic (exact) mass is 212 g/mol. The highest BCUT2D eigenvalue weighted by molar-refractivity contribution is 5.84. The van der Waals surface area contributed by atoms with Crippen molar-refractivity contribution in [3.05, 3.63) is 0 Å². The van der Waals surface area contributed by atoms with Gasteiger partial charge in [0, 0.05) is 13.1 Å². The number of carbonyl (C=O) groups excluding carboxylic acids is 1. The molecule has 4 nitrogen and oxygen atoms in total. The van der Waals surface area contributed by atoms with E-state index in [1.54, 1.807) is 4.90 Å². The first-order chi connectivity index (χ1) is 6.79. The summed E-state index contributed by atoms with van der Waals surface area (Å²) >= 11 is 0. The lowest BCUT2D eigenvalue weighted by atomic mass is 10.1. The number of nitriles is 1. The summed E-state index contributed by atoms with van der Waals surface area (Å²) < 4.78 is 0. The van der Waals surface area contributed by atoms with E-state index in [9.17, 15) is 9.90 Å². The van der Waals surface area contributed by atoms with Crippen molar-refractivity contribution in [1.29, 1.82) is 5.26 Å². The van der Waals surface area contributed by atoms with Gasteiger partial charge < -0.3 is 10.0 Å². The van der Waals surface area contributed by atoms with Crippen molar-refractivity contribution in [2.24, 2.45) is 5.92 Å². The van der Waals surface area contributed by atoms with Gasteiger partial charge in [0.2, 0.25) is 0 Å². The first kappa shape index (κ1) is 13.9. The summed E-state index contributed by atoms with van der Waals surface area (Å²) in [5, 5.41) is 18.1. The van der Waals surface area contributed by atoms with E-state index >= 15 is 0 Å². The Labute approximate surface area is 91.5 Å². The van der Waals surface area contributed by atoms with Crippen LogP contribution in [0.4, 0.5) is 0 Å². The largest absolute Gasteiger partial charge is 0.381 e. The number of hydrogen-bond donors (Lipinski definition) is 1. The molecule has 1 N–H and O–H groups in total. The second kappa shape index (κ2) is 5.72. The predicted octanol–water partition coefficient (Wildman–Crippen LogP) is 1.16. The third-order valence-electron chi connectivity index (χ3n) is 1.89. The molecule has 0 fully saturated rings. The zero-order valence-corrected chi connectivity index (χ0v) is 9.95. The van der Waals surface area contributed by atoms with Gasteiger partial charge in [-0.1, -0.05) is 13.8 Å². The molecule has 0 spiro atoms. The van der Waals surface area contributed by atoms with E-state index in [1.807, 2.05) is 19.9 Å². The second-order valence-electron chi connectivity index (χ2n) is 4.61. The van der Waals surface area contributed by atoms with Crippen LogP contribution in [0.2, 0.25) is 0 Å². The highest BCUT2D eigenvalue weighted by Gasteiger charge is 2.29. The lowest BCUT2D eigenvalue weighted by molar-refractivity contribution is -0.148. The maximum absolute atomic E-state index is 11.8. The summed E-state index contributed by atoms with van der Waals surface area (Å²) in [6.07, 6.45) is 0.300. The van der Waals surface area contributed by atoms with Gasteiger partial charge in [-0.2, -0.15) is 5.26 Å². The maximum Gasteiger partial charge on any atom is 0.253 e. The molecule has 0 aliphatic rings. The van der Waals surface area contributed by atoms with Gasteiger partial charge in [0.25, 0.3) is 5.91 Å². The molecular formula is C11H20N2O2. The Morgan fingerprint density at radius 3 is 2.40 bits per heavy atom. The van der Waals surface area contributed by atoms with Crippen LogP contribution >= 0.6 is 0 Å². The Kier molecular flexibility index (Phi) is 5.31. The van der Waals surface area contributed by atoms with E-state index in [-0.39, 0.29) is 5.91 Å². The summed E-state index contributed by atoms with van der Waals surface area (Å²) in [5.74, 6) is 0.0152. The van der Waals surface area contributed by atoms with Crippen molar-refractivity contribution in [1.82, 2.24) is 4.90 Å². The van der Waals surface area contributed by atoms with Crippen LogP contribution in [0.25, 0.3) is 0 Å². The SMILES string of the molecule is CC(C)CN(CCC#N)C(=O)C(C)(C)O. The van der Waals surface area contributed by atoms with Crippen LogP contribution in [0.15, 0.2) is 0 Å². The minimum absolute atomic E-state index is 0.300. The highest BCUT2D eigenvalue weighted by Crippen LogP contribution is 2.10. The van der Waals surface area contributed by atoms with Crippen molar-refractivity contribution < 1.29 is 9.90 Å². The van der Waals surface area contributed by atoms with E-state index in [0.29, 0.717) is 25.4 Å². The average molecular weight is 212 g/mol. The molecule has 0 aliphatic heterocycles. The third kappa shape index (κ3) is 5.38. The Bertz CT molecular complexity index is 248. The van der Waals surface area contributed by atoms with E-state index < -0.39 is 5.60 Å². The number of aliphatic hydroxyl groups is 1. The fraction of sp³-hybridized carbons (Fsp3) is 0.818. The topological polar surface area (TPSA) is 64.3 Å². The highest BCUT2D eigenvalue weighted by atomic mass is 16.3. The molecule has 0 radical (unpaired) electrons. The minimum Gasteiger partial charge on any atom is -0.381 e. The number of hydrogen-bond acceptors (Lipinski definition) is 3. The summed E-state index contributed by atoms with van der Waals surface area (Å²) in [6, 6.07) is 2.00. The first-order valence-corrected chi connectivity index (χ1v) is 5.17. The molecule has 0 atom stereocenters. The van der Waals surface area contributed by atoms with Crippen molar-refractivity contribution >= 4 is 5.91 Å². The van der Waals surface area contributed by atoms with Gasteiger partial charge in [-0.3, -0.25) is 4.79 Å². The number of rotatable bonds is 5. The Morgan fingerprint density at radius 1 is 1.53 bits per heavy atom. The standard InChI is InChI=1S/C11H20N2O2/c1-9(2)8-13(7-5-6-12)10(14)11(3,4)15/h9,15H,5,7-8H2,1-4H3. The van der Waals surface area contributed by atoms with Crippen molar-refractivity contribution in [2.75, 3.05) is 13.1 Å². The molecule has 0 aliphatic carbocycles. The number of nitrogens with zero attached hydrogens (tertiary/aromatic N) is 2. The lowest BCUT2D eigenvalue weighted by Gasteiger charge is -2.29. The Morgan fingerprint density at radius 2 is 2.07 bits per heavy atom. The molecule has 0 bridgehead atoms. The molecule has 0 aromatic heterocycles. The second-order valence-corrected chi connectivity index (χ2v) is 4.61. The van der Waals surface area contributed by atoms with E-state index in [0.717, 1.165) is 0 Å². The zero-order valence-electron chi connectivity index (χ0n) is 9.95. The van der Waals surface area contributed by atoms with Crippen LogP contribution < -0.4 is 0 Å². The summed E-state index contributed by atoms with van der Waals surface area (Å²) in [7, 11) is 0. The van der Waals surface area contributed by atoms with Crippen LogP contribution in [0.1, 0.15) is 34.1 Å². The molecule has 15 heavy (non-hydrogen) atoms. The van der Waals surface area contributed by atoms with Crippen molar-refractivity contribution in [2.45, 2.75) is 39.7 Å².